The standard InChI is InChI=1S/C17H25N3O4/c1-13-11-15(14(2)24-13)17(22)20-5-3-18(4-6-20)12-16(21)19-7-9-23-10-8-19/h11H,3-10,12H2,1-2H3. The minimum Gasteiger partial charge on any atom is -0.466 e. The average Bonchev–Trinajstić information content (AvgIpc) is 2.94. The molecule has 0 bridgehead atoms. The van der Waals surface area contributed by atoms with E-state index in [-0.39, 0.29) is 11.8 Å². The lowest BCUT2D eigenvalue weighted by molar-refractivity contribution is -0.136. The Labute approximate surface area is 142 Å². The van der Waals surface area contributed by atoms with Gasteiger partial charge in [-0.15, -0.1) is 0 Å². The third kappa shape index (κ3) is 3.79. The average molecular weight is 335 g/mol. The Hall–Kier alpha value is -1.86. The van der Waals surface area contributed by atoms with E-state index in [1.807, 2.05) is 23.6 Å². The molecule has 1 aromatic rings. The number of nitrogens with zero attached hydrogens (tertiary/aromatic N) is 3. The quantitative estimate of drug-likeness (QED) is 0.805. The number of amides is 2. The fourth-order valence-electron chi connectivity index (χ4n) is 3.23. The lowest BCUT2D eigenvalue weighted by atomic mass is 10.2. The van der Waals surface area contributed by atoms with E-state index in [0.717, 1.165) is 18.8 Å². The highest BCUT2D eigenvalue weighted by Gasteiger charge is 2.27. The number of carbonyl (C=O) groups excluding carboxylic acids is 2. The van der Waals surface area contributed by atoms with Crippen LogP contribution in [0.15, 0.2) is 10.5 Å². The van der Waals surface area contributed by atoms with Crippen LogP contribution in [0.25, 0.3) is 0 Å². The Balaban J connectivity index is 1.49. The zero-order valence-corrected chi connectivity index (χ0v) is 14.4. The summed E-state index contributed by atoms with van der Waals surface area (Å²) in [6, 6.07) is 1.80. The Morgan fingerprint density at radius 2 is 1.67 bits per heavy atom. The zero-order chi connectivity index (χ0) is 17.1. The Kier molecular flexibility index (Phi) is 5.20. The Morgan fingerprint density at radius 1 is 1.00 bits per heavy atom. The van der Waals surface area contributed by atoms with Gasteiger partial charge in [0, 0.05) is 39.3 Å². The fraction of sp³-hybridized carbons (Fsp3) is 0.647. The van der Waals surface area contributed by atoms with Crippen molar-refractivity contribution in [2.24, 2.45) is 0 Å². The molecule has 24 heavy (non-hydrogen) atoms. The predicted octanol–water partition coefficient (Wildman–Crippen LogP) is 0.513. The van der Waals surface area contributed by atoms with Crippen LogP contribution in [0, 0.1) is 13.8 Å². The van der Waals surface area contributed by atoms with Crippen LogP contribution in [-0.2, 0) is 9.53 Å². The molecular weight excluding hydrogens is 310 g/mol. The third-order valence-corrected chi connectivity index (χ3v) is 4.65. The van der Waals surface area contributed by atoms with Crippen LogP contribution in [0.3, 0.4) is 0 Å². The molecular formula is C17H25N3O4. The van der Waals surface area contributed by atoms with Crippen LogP contribution in [0.5, 0.6) is 0 Å². The molecule has 0 N–H and O–H groups in total. The minimum absolute atomic E-state index is 0.0171. The molecule has 2 fully saturated rings. The topological polar surface area (TPSA) is 66.2 Å². The van der Waals surface area contributed by atoms with Crippen LogP contribution in [-0.4, -0.2) is 85.5 Å². The number of hydrogen-bond donors (Lipinski definition) is 0. The van der Waals surface area contributed by atoms with Gasteiger partial charge in [0.05, 0.1) is 25.3 Å². The first-order valence-electron chi connectivity index (χ1n) is 8.49. The van der Waals surface area contributed by atoms with E-state index in [2.05, 4.69) is 4.90 Å². The second kappa shape index (κ2) is 7.36. The summed E-state index contributed by atoms with van der Waals surface area (Å²) in [6.45, 7) is 9.40. The molecule has 0 aromatic carbocycles. The smallest absolute Gasteiger partial charge is 0.257 e. The molecule has 3 rings (SSSR count). The maximum Gasteiger partial charge on any atom is 0.257 e. The Bertz CT molecular complexity index is 599. The van der Waals surface area contributed by atoms with Gasteiger partial charge in [-0.3, -0.25) is 14.5 Å². The summed E-state index contributed by atoms with van der Waals surface area (Å²) in [4.78, 5) is 30.7. The molecule has 0 unspecified atom stereocenters. The number of hydrogen-bond acceptors (Lipinski definition) is 5. The van der Waals surface area contributed by atoms with Crippen LogP contribution in [0.1, 0.15) is 21.9 Å². The summed E-state index contributed by atoms with van der Waals surface area (Å²) in [5.74, 6) is 1.59. The van der Waals surface area contributed by atoms with E-state index in [9.17, 15) is 9.59 Å². The highest BCUT2D eigenvalue weighted by Crippen LogP contribution is 2.17. The molecule has 3 heterocycles. The van der Waals surface area contributed by atoms with Gasteiger partial charge in [-0.1, -0.05) is 0 Å². The molecule has 7 nitrogen and oxygen atoms in total. The number of rotatable bonds is 3. The second-order valence-corrected chi connectivity index (χ2v) is 6.39. The van der Waals surface area contributed by atoms with E-state index < -0.39 is 0 Å². The second-order valence-electron chi connectivity index (χ2n) is 6.39. The maximum absolute atomic E-state index is 12.6. The summed E-state index contributed by atoms with van der Waals surface area (Å²) >= 11 is 0. The first-order valence-corrected chi connectivity index (χ1v) is 8.49. The lowest BCUT2D eigenvalue weighted by Crippen LogP contribution is -2.52. The van der Waals surface area contributed by atoms with Gasteiger partial charge in [-0.05, 0) is 19.9 Å². The molecule has 2 aliphatic heterocycles. The van der Waals surface area contributed by atoms with Crippen molar-refractivity contribution in [1.29, 1.82) is 0 Å². The molecule has 2 amide bonds. The van der Waals surface area contributed by atoms with Gasteiger partial charge in [0.15, 0.2) is 0 Å². The number of furan rings is 1. The molecule has 2 saturated heterocycles. The van der Waals surface area contributed by atoms with Gasteiger partial charge in [0.1, 0.15) is 11.5 Å². The van der Waals surface area contributed by atoms with Crippen molar-refractivity contribution in [1.82, 2.24) is 14.7 Å². The summed E-state index contributed by atoms with van der Waals surface area (Å²) in [7, 11) is 0. The molecule has 0 radical (unpaired) electrons. The van der Waals surface area contributed by atoms with Crippen molar-refractivity contribution >= 4 is 11.8 Å². The van der Waals surface area contributed by atoms with Crippen molar-refractivity contribution in [3.8, 4) is 0 Å². The van der Waals surface area contributed by atoms with E-state index in [0.29, 0.717) is 57.3 Å². The van der Waals surface area contributed by atoms with Crippen LogP contribution < -0.4 is 0 Å². The number of morpholine rings is 1. The molecule has 1 aromatic heterocycles. The van der Waals surface area contributed by atoms with Crippen LogP contribution in [0.4, 0.5) is 0 Å². The SMILES string of the molecule is Cc1cc(C(=O)N2CCN(CC(=O)N3CCOCC3)CC2)c(C)o1. The molecule has 7 heteroatoms. The number of aryl methyl sites for hydroxylation is 2. The van der Waals surface area contributed by atoms with Crippen molar-refractivity contribution in [2.75, 3.05) is 59.0 Å². The first-order chi connectivity index (χ1) is 11.5. The summed E-state index contributed by atoms with van der Waals surface area (Å²) < 4.78 is 10.7. The van der Waals surface area contributed by atoms with Gasteiger partial charge >= 0.3 is 0 Å². The van der Waals surface area contributed by atoms with Gasteiger partial charge < -0.3 is 19.0 Å². The molecule has 0 aliphatic carbocycles. The summed E-state index contributed by atoms with van der Waals surface area (Å²) in [5, 5.41) is 0. The van der Waals surface area contributed by atoms with Gasteiger partial charge in [0.2, 0.25) is 5.91 Å². The van der Waals surface area contributed by atoms with E-state index in [4.69, 9.17) is 9.15 Å². The van der Waals surface area contributed by atoms with Gasteiger partial charge in [-0.2, -0.15) is 0 Å². The van der Waals surface area contributed by atoms with Crippen molar-refractivity contribution in [3.63, 3.8) is 0 Å². The molecule has 0 spiro atoms. The summed E-state index contributed by atoms with van der Waals surface area (Å²) in [5.41, 5.74) is 0.644. The van der Waals surface area contributed by atoms with Crippen LogP contribution >= 0.6 is 0 Å². The van der Waals surface area contributed by atoms with Crippen molar-refractivity contribution < 1.29 is 18.7 Å². The normalized spacial score (nSPS) is 19.6. The number of carbonyl (C=O) groups is 2. The van der Waals surface area contributed by atoms with E-state index in [1.54, 1.807) is 6.07 Å². The highest BCUT2D eigenvalue weighted by atomic mass is 16.5. The first kappa shape index (κ1) is 17.0. The van der Waals surface area contributed by atoms with Gasteiger partial charge in [-0.25, -0.2) is 0 Å². The molecule has 0 saturated carbocycles. The summed E-state index contributed by atoms with van der Waals surface area (Å²) in [6.07, 6.45) is 0. The number of piperazine rings is 1. The minimum atomic E-state index is 0.0171. The number of ether oxygens (including phenoxy) is 1. The lowest BCUT2D eigenvalue weighted by Gasteiger charge is -2.36. The van der Waals surface area contributed by atoms with E-state index in [1.165, 1.54) is 0 Å². The highest BCUT2D eigenvalue weighted by molar-refractivity contribution is 5.95. The largest absolute Gasteiger partial charge is 0.466 e. The van der Waals surface area contributed by atoms with Crippen molar-refractivity contribution in [3.05, 3.63) is 23.2 Å². The maximum atomic E-state index is 12.6. The molecule has 132 valence electrons. The molecule has 2 aliphatic rings. The monoisotopic (exact) mass is 335 g/mol. The third-order valence-electron chi connectivity index (χ3n) is 4.65. The van der Waals surface area contributed by atoms with Crippen molar-refractivity contribution in [2.45, 2.75) is 13.8 Å². The fourth-order valence-corrected chi connectivity index (χ4v) is 3.23. The van der Waals surface area contributed by atoms with E-state index >= 15 is 0 Å². The molecule has 0 atom stereocenters. The Morgan fingerprint density at radius 3 is 2.25 bits per heavy atom. The van der Waals surface area contributed by atoms with Gasteiger partial charge in [0.25, 0.3) is 5.91 Å². The zero-order valence-electron chi connectivity index (χ0n) is 14.4. The predicted molar refractivity (Wildman–Crippen MR) is 87.9 cm³/mol. The van der Waals surface area contributed by atoms with Crippen LogP contribution in [0.2, 0.25) is 0 Å².